The Kier molecular flexibility index (Phi) is 4.70. The van der Waals surface area contributed by atoms with E-state index in [2.05, 4.69) is 12.2 Å². The van der Waals surface area contributed by atoms with Crippen LogP contribution in [0.1, 0.15) is 24.5 Å². The summed E-state index contributed by atoms with van der Waals surface area (Å²) < 4.78 is 43.8. The zero-order valence-corrected chi connectivity index (χ0v) is 11.7. The standard InChI is InChI=1S/C15H20F3NO/c1-10-6-7-20-14(10)13(19-2)9-11-4-3-5-12(8-11)15(16,17)18/h3-5,8,10,13-14,19H,6-7,9H2,1-2H3. The molecule has 2 nitrogen and oxygen atoms in total. The SMILES string of the molecule is CNC(Cc1cccc(C(F)(F)F)c1)C1OCCC1C. The van der Waals surface area contributed by atoms with E-state index in [0.717, 1.165) is 19.1 Å². The molecule has 5 heteroatoms. The largest absolute Gasteiger partial charge is 0.416 e. The van der Waals surface area contributed by atoms with E-state index in [0.29, 0.717) is 17.9 Å². The summed E-state index contributed by atoms with van der Waals surface area (Å²) in [4.78, 5) is 0. The summed E-state index contributed by atoms with van der Waals surface area (Å²) in [7, 11) is 1.83. The highest BCUT2D eigenvalue weighted by molar-refractivity contribution is 5.26. The van der Waals surface area contributed by atoms with Crippen LogP contribution in [0.3, 0.4) is 0 Å². The Morgan fingerprint density at radius 3 is 2.70 bits per heavy atom. The van der Waals surface area contributed by atoms with E-state index in [-0.39, 0.29) is 12.1 Å². The van der Waals surface area contributed by atoms with E-state index < -0.39 is 11.7 Å². The van der Waals surface area contributed by atoms with Gasteiger partial charge in [0.05, 0.1) is 11.7 Å². The van der Waals surface area contributed by atoms with Crippen LogP contribution in [0.25, 0.3) is 0 Å². The van der Waals surface area contributed by atoms with Crippen molar-refractivity contribution in [1.29, 1.82) is 0 Å². The number of halogens is 3. The van der Waals surface area contributed by atoms with Crippen molar-refractivity contribution in [2.24, 2.45) is 5.92 Å². The number of rotatable bonds is 4. The number of ether oxygens (including phenoxy) is 1. The van der Waals surface area contributed by atoms with Gasteiger partial charge in [-0.05, 0) is 37.4 Å². The molecule has 0 spiro atoms. The maximum atomic E-state index is 12.7. The summed E-state index contributed by atoms with van der Waals surface area (Å²) in [6, 6.07) is 5.57. The number of hydrogen-bond acceptors (Lipinski definition) is 2. The minimum Gasteiger partial charge on any atom is -0.376 e. The third-order valence-corrected chi connectivity index (χ3v) is 3.92. The molecular weight excluding hydrogens is 267 g/mol. The molecule has 1 aliphatic heterocycles. The molecule has 1 saturated heterocycles. The van der Waals surface area contributed by atoms with Crippen molar-refractivity contribution in [3.05, 3.63) is 35.4 Å². The second kappa shape index (κ2) is 6.14. The van der Waals surface area contributed by atoms with Gasteiger partial charge in [-0.3, -0.25) is 0 Å². The second-order valence-electron chi connectivity index (χ2n) is 5.40. The van der Waals surface area contributed by atoms with Gasteiger partial charge < -0.3 is 10.1 Å². The first-order valence-electron chi connectivity index (χ1n) is 6.87. The van der Waals surface area contributed by atoms with Crippen LogP contribution in [-0.2, 0) is 17.3 Å². The molecule has 0 amide bonds. The quantitative estimate of drug-likeness (QED) is 0.917. The van der Waals surface area contributed by atoms with Crippen molar-refractivity contribution in [3.8, 4) is 0 Å². The third kappa shape index (κ3) is 3.52. The Hall–Kier alpha value is -1.07. The van der Waals surface area contributed by atoms with Gasteiger partial charge in [-0.2, -0.15) is 13.2 Å². The number of benzene rings is 1. The molecule has 1 aromatic rings. The molecule has 2 rings (SSSR count). The lowest BCUT2D eigenvalue weighted by atomic mass is 9.92. The first kappa shape index (κ1) is 15.3. The van der Waals surface area contributed by atoms with Gasteiger partial charge >= 0.3 is 6.18 Å². The lowest BCUT2D eigenvalue weighted by molar-refractivity contribution is -0.137. The van der Waals surface area contributed by atoms with Gasteiger partial charge in [0.15, 0.2) is 0 Å². The fraction of sp³-hybridized carbons (Fsp3) is 0.600. The molecule has 1 fully saturated rings. The Labute approximate surface area is 117 Å². The molecule has 0 bridgehead atoms. The van der Waals surface area contributed by atoms with E-state index in [9.17, 15) is 13.2 Å². The molecule has 1 aliphatic rings. The second-order valence-corrected chi connectivity index (χ2v) is 5.40. The summed E-state index contributed by atoms with van der Waals surface area (Å²) in [5, 5.41) is 3.17. The Balaban J connectivity index is 2.11. The maximum Gasteiger partial charge on any atom is 0.416 e. The van der Waals surface area contributed by atoms with E-state index in [1.165, 1.54) is 12.1 Å². The van der Waals surface area contributed by atoms with Crippen molar-refractivity contribution >= 4 is 0 Å². The van der Waals surface area contributed by atoms with Crippen molar-refractivity contribution < 1.29 is 17.9 Å². The van der Waals surface area contributed by atoms with Crippen LogP contribution in [0.15, 0.2) is 24.3 Å². The molecule has 0 saturated carbocycles. The Morgan fingerprint density at radius 1 is 1.40 bits per heavy atom. The summed E-state index contributed by atoms with van der Waals surface area (Å²) in [5.74, 6) is 0.429. The van der Waals surface area contributed by atoms with Gasteiger partial charge in [0.2, 0.25) is 0 Å². The van der Waals surface area contributed by atoms with Crippen molar-refractivity contribution in [1.82, 2.24) is 5.32 Å². The number of nitrogens with one attached hydrogen (secondary N) is 1. The lowest BCUT2D eigenvalue weighted by Gasteiger charge is -2.26. The molecule has 0 aromatic heterocycles. The van der Waals surface area contributed by atoms with Gasteiger partial charge in [-0.15, -0.1) is 0 Å². The van der Waals surface area contributed by atoms with Crippen LogP contribution in [0.4, 0.5) is 13.2 Å². The topological polar surface area (TPSA) is 21.3 Å². The highest BCUT2D eigenvalue weighted by Crippen LogP contribution is 2.30. The molecule has 0 aliphatic carbocycles. The fourth-order valence-electron chi connectivity index (χ4n) is 2.74. The normalized spacial score (nSPS) is 24.9. The van der Waals surface area contributed by atoms with Crippen molar-refractivity contribution in [3.63, 3.8) is 0 Å². The highest BCUT2D eigenvalue weighted by Gasteiger charge is 2.33. The number of hydrogen-bond donors (Lipinski definition) is 1. The summed E-state index contributed by atoms with van der Waals surface area (Å²) in [5.41, 5.74) is 0.0899. The monoisotopic (exact) mass is 287 g/mol. The number of likely N-dealkylation sites (N-methyl/N-ethyl adjacent to an activating group) is 1. The average molecular weight is 287 g/mol. The summed E-state index contributed by atoms with van der Waals surface area (Å²) in [6.45, 7) is 2.85. The molecule has 1 heterocycles. The minimum atomic E-state index is -4.29. The summed E-state index contributed by atoms with van der Waals surface area (Å²) in [6.07, 6.45) is -2.68. The third-order valence-electron chi connectivity index (χ3n) is 3.92. The molecule has 20 heavy (non-hydrogen) atoms. The zero-order chi connectivity index (χ0) is 14.8. The van der Waals surface area contributed by atoms with Gasteiger partial charge in [0.1, 0.15) is 0 Å². The Morgan fingerprint density at radius 2 is 2.15 bits per heavy atom. The number of alkyl halides is 3. The molecular formula is C15H20F3NO. The average Bonchev–Trinajstić information content (AvgIpc) is 2.81. The van der Waals surface area contributed by atoms with Gasteiger partial charge in [0.25, 0.3) is 0 Å². The predicted molar refractivity (Wildman–Crippen MR) is 71.5 cm³/mol. The van der Waals surface area contributed by atoms with E-state index in [1.54, 1.807) is 6.07 Å². The molecule has 1 N–H and O–H groups in total. The van der Waals surface area contributed by atoms with Crippen LogP contribution in [0, 0.1) is 5.92 Å². The predicted octanol–water partition coefficient (Wildman–Crippen LogP) is 3.26. The van der Waals surface area contributed by atoms with Gasteiger partial charge in [0, 0.05) is 12.6 Å². The first-order chi connectivity index (χ1) is 9.41. The fourth-order valence-corrected chi connectivity index (χ4v) is 2.74. The van der Waals surface area contributed by atoms with Crippen LogP contribution >= 0.6 is 0 Å². The van der Waals surface area contributed by atoms with Crippen LogP contribution in [0.5, 0.6) is 0 Å². The van der Waals surface area contributed by atoms with E-state index >= 15 is 0 Å². The molecule has 3 atom stereocenters. The zero-order valence-electron chi connectivity index (χ0n) is 11.7. The molecule has 112 valence electrons. The highest BCUT2D eigenvalue weighted by atomic mass is 19.4. The van der Waals surface area contributed by atoms with Crippen LogP contribution in [-0.4, -0.2) is 25.8 Å². The Bertz CT molecular complexity index is 447. The molecule has 0 radical (unpaired) electrons. The van der Waals surface area contributed by atoms with Crippen LogP contribution < -0.4 is 5.32 Å². The lowest BCUT2D eigenvalue weighted by Crippen LogP contribution is -2.41. The van der Waals surface area contributed by atoms with Crippen molar-refractivity contribution in [2.45, 2.75) is 38.1 Å². The van der Waals surface area contributed by atoms with Crippen LogP contribution in [0.2, 0.25) is 0 Å². The van der Waals surface area contributed by atoms with E-state index in [4.69, 9.17) is 4.74 Å². The summed E-state index contributed by atoms with van der Waals surface area (Å²) >= 11 is 0. The van der Waals surface area contributed by atoms with E-state index in [1.807, 2.05) is 7.05 Å². The first-order valence-corrected chi connectivity index (χ1v) is 6.87. The van der Waals surface area contributed by atoms with Gasteiger partial charge in [-0.25, -0.2) is 0 Å². The minimum absolute atomic E-state index is 0.0379. The molecule has 1 aromatic carbocycles. The van der Waals surface area contributed by atoms with Crippen molar-refractivity contribution in [2.75, 3.05) is 13.7 Å². The molecule has 3 unspecified atom stereocenters. The smallest absolute Gasteiger partial charge is 0.376 e. The maximum absolute atomic E-state index is 12.7. The van der Waals surface area contributed by atoms with Gasteiger partial charge in [-0.1, -0.05) is 25.1 Å².